The number of methoxy groups -OCH3 is 1. The number of carbonyl (C=O) groups excluding carboxylic acids is 3. The van der Waals surface area contributed by atoms with Gasteiger partial charge in [-0.2, -0.15) is 0 Å². The van der Waals surface area contributed by atoms with E-state index in [1.807, 2.05) is 35.0 Å². The number of benzene rings is 2. The van der Waals surface area contributed by atoms with Gasteiger partial charge in [0.15, 0.2) is 0 Å². The number of ether oxygens (including phenoxy) is 1. The number of furan rings is 1. The van der Waals surface area contributed by atoms with E-state index in [-0.39, 0.29) is 28.8 Å². The molecule has 0 aliphatic carbocycles. The molecule has 0 saturated carbocycles. The third kappa shape index (κ3) is 4.38. The highest BCUT2D eigenvalue weighted by Crippen LogP contribution is 2.35. The fraction of sp³-hybridized carbons (Fsp3) is 0.115. The molecule has 1 aliphatic rings. The molecular weight excluding hydrogens is 471 g/mol. The van der Waals surface area contributed by atoms with Crippen LogP contribution in [0.15, 0.2) is 76.2 Å². The van der Waals surface area contributed by atoms with Crippen LogP contribution in [0.5, 0.6) is 0 Å². The van der Waals surface area contributed by atoms with Gasteiger partial charge in [0.05, 0.1) is 25.1 Å². The molecule has 35 heavy (non-hydrogen) atoms. The van der Waals surface area contributed by atoms with E-state index in [0.29, 0.717) is 12.1 Å². The molecule has 1 saturated heterocycles. The number of carbonyl (C=O) groups is 3. The highest BCUT2D eigenvalue weighted by atomic mass is 32.2. The van der Waals surface area contributed by atoms with Crippen LogP contribution in [0.2, 0.25) is 0 Å². The highest BCUT2D eigenvalue weighted by molar-refractivity contribution is 8.18. The summed E-state index contributed by atoms with van der Waals surface area (Å²) in [5, 5.41) is 0.441. The third-order valence-electron chi connectivity index (χ3n) is 5.64. The Morgan fingerprint density at radius 2 is 1.83 bits per heavy atom. The number of fused-ring (bicyclic) bond motifs is 1. The first kappa shape index (κ1) is 22.7. The van der Waals surface area contributed by atoms with Crippen LogP contribution in [-0.2, 0) is 22.6 Å². The number of halogens is 1. The number of thioether (sulfide) groups is 1. The maximum atomic E-state index is 14.2. The van der Waals surface area contributed by atoms with Crippen molar-refractivity contribution in [1.82, 2.24) is 9.47 Å². The van der Waals surface area contributed by atoms with E-state index >= 15 is 0 Å². The van der Waals surface area contributed by atoms with Gasteiger partial charge in [-0.25, -0.2) is 9.18 Å². The average Bonchev–Trinajstić information content (AvgIpc) is 3.54. The second-order valence-corrected chi connectivity index (χ2v) is 8.84. The molecule has 0 N–H and O–H groups in total. The van der Waals surface area contributed by atoms with Gasteiger partial charge < -0.3 is 13.7 Å². The minimum atomic E-state index is -0.642. The summed E-state index contributed by atoms with van der Waals surface area (Å²) in [6, 6.07) is 17.2. The van der Waals surface area contributed by atoms with Gasteiger partial charge in [0.25, 0.3) is 11.1 Å². The number of amides is 2. The van der Waals surface area contributed by atoms with Crippen LogP contribution < -0.4 is 0 Å². The molecule has 2 aromatic carbocycles. The average molecular weight is 491 g/mol. The summed E-state index contributed by atoms with van der Waals surface area (Å²) < 4.78 is 26.2. The van der Waals surface area contributed by atoms with Crippen molar-refractivity contribution in [1.29, 1.82) is 0 Å². The van der Waals surface area contributed by atoms with Gasteiger partial charge in [0.1, 0.15) is 11.6 Å². The summed E-state index contributed by atoms with van der Waals surface area (Å²) in [6.45, 7) is 0.220. The van der Waals surface area contributed by atoms with Gasteiger partial charge in [-0.05, 0) is 42.1 Å². The molecule has 7 nitrogen and oxygen atoms in total. The molecule has 3 heterocycles. The first-order valence-corrected chi connectivity index (χ1v) is 11.5. The van der Waals surface area contributed by atoms with Crippen molar-refractivity contribution in [2.24, 2.45) is 0 Å². The van der Waals surface area contributed by atoms with Crippen LogP contribution in [-0.4, -0.2) is 33.7 Å². The number of rotatable bonds is 6. The summed E-state index contributed by atoms with van der Waals surface area (Å²) in [7, 11) is 1.24. The van der Waals surface area contributed by atoms with E-state index in [9.17, 15) is 18.8 Å². The quantitative estimate of drug-likeness (QED) is 0.264. The summed E-state index contributed by atoms with van der Waals surface area (Å²) in [6.07, 6.45) is 3.52. The van der Waals surface area contributed by atoms with E-state index in [2.05, 4.69) is 4.74 Å². The monoisotopic (exact) mass is 490 g/mol. The van der Waals surface area contributed by atoms with Crippen molar-refractivity contribution in [2.75, 3.05) is 7.11 Å². The predicted octanol–water partition coefficient (Wildman–Crippen LogP) is 5.44. The fourth-order valence-corrected chi connectivity index (χ4v) is 4.77. The van der Waals surface area contributed by atoms with Crippen molar-refractivity contribution in [3.8, 4) is 0 Å². The number of hydrogen-bond acceptors (Lipinski definition) is 6. The van der Waals surface area contributed by atoms with E-state index in [1.54, 1.807) is 24.3 Å². The molecule has 0 radical (unpaired) electrons. The fourth-order valence-electron chi connectivity index (χ4n) is 3.94. The van der Waals surface area contributed by atoms with Gasteiger partial charge in [0.2, 0.25) is 5.76 Å². The lowest BCUT2D eigenvalue weighted by Gasteiger charge is -2.09. The maximum absolute atomic E-state index is 14.2. The Bertz CT molecular complexity index is 1500. The Labute approximate surface area is 203 Å². The third-order valence-corrected chi connectivity index (χ3v) is 6.55. The Morgan fingerprint density at radius 1 is 1.06 bits per heavy atom. The molecule has 5 rings (SSSR count). The van der Waals surface area contributed by atoms with Crippen LogP contribution in [0, 0.1) is 5.82 Å². The maximum Gasteiger partial charge on any atom is 0.373 e. The number of nitrogens with zero attached hydrogens (tertiary/aromatic N) is 2. The zero-order valence-corrected chi connectivity index (χ0v) is 19.4. The number of aromatic nitrogens is 1. The van der Waals surface area contributed by atoms with Crippen molar-refractivity contribution in [2.45, 2.75) is 13.1 Å². The van der Waals surface area contributed by atoms with Crippen LogP contribution >= 0.6 is 11.8 Å². The van der Waals surface area contributed by atoms with Crippen LogP contribution in [0.4, 0.5) is 9.18 Å². The zero-order chi connectivity index (χ0) is 24.5. The number of esters is 1. The first-order chi connectivity index (χ1) is 16.9. The Hall–Kier alpha value is -4.11. The molecular formula is C26H19FN2O5S. The minimum absolute atomic E-state index is 0.00678. The van der Waals surface area contributed by atoms with E-state index < -0.39 is 17.1 Å². The van der Waals surface area contributed by atoms with Crippen LogP contribution in [0.3, 0.4) is 0 Å². The van der Waals surface area contributed by atoms with Gasteiger partial charge in [-0.1, -0.05) is 36.4 Å². The predicted molar refractivity (Wildman–Crippen MR) is 129 cm³/mol. The van der Waals surface area contributed by atoms with Gasteiger partial charge in [-0.15, -0.1) is 0 Å². The molecule has 0 atom stereocenters. The molecule has 1 aliphatic heterocycles. The lowest BCUT2D eigenvalue weighted by molar-refractivity contribution is -0.123. The summed E-state index contributed by atoms with van der Waals surface area (Å²) in [5.41, 5.74) is 2.17. The summed E-state index contributed by atoms with van der Waals surface area (Å²) >= 11 is 0.834. The SMILES string of the molecule is COC(=O)c1ccc(CN2C(=O)SC(=Cc3cn(Cc4ccccc4F)c4ccccc34)C2=O)o1. The standard InChI is InChI=1S/C26H19FN2O5S/c1-33-25(31)22-11-10-18(34-22)15-29-24(30)23(35-26(29)32)12-17-14-28(21-9-5-3-7-19(17)21)13-16-6-2-4-8-20(16)27/h2-12,14H,13,15H2,1H3. The normalized spacial score (nSPS) is 14.9. The number of para-hydroxylation sites is 1. The van der Waals surface area contributed by atoms with Gasteiger partial charge >= 0.3 is 5.97 Å². The lowest BCUT2D eigenvalue weighted by Crippen LogP contribution is -2.27. The summed E-state index contributed by atoms with van der Waals surface area (Å²) in [5.74, 6) is -1.11. The van der Waals surface area contributed by atoms with Crippen molar-refractivity contribution >= 4 is 45.9 Å². The molecule has 0 bridgehead atoms. The Morgan fingerprint density at radius 3 is 2.63 bits per heavy atom. The van der Waals surface area contributed by atoms with Crippen LogP contribution in [0.1, 0.15) is 27.4 Å². The van der Waals surface area contributed by atoms with Crippen LogP contribution in [0.25, 0.3) is 17.0 Å². The van der Waals surface area contributed by atoms with E-state index in [4.69, 9.17) is 4.42 Å². The molecule has 4 aromatic rings. The molecule has 1 fully saturated rings. The smallest absolute Gasteiger partial charge is 0.373 e. The second kappa shape index (κ2) is 9.27. The number of imide groups is 1. The van der Waals surface area contributed by atoms with E-state index in [1.165, 1.54) is 25.3 Å². The van der Waals surface area contributed by atoms with Gasteiger partial charge in [0, 0.05) is 28.2 Å². The number of hydrogen-bond donors (Lipinski definition) is 0. The topological polar surface area (TPSA) is 81.8 Å². The van der Waals surface area contributed by atoms with E-state index in [0.717, 1.165) is 33.1 Å². The molecule has 176 valence electrons. The molecule has 2 aromatic heterocycles. The Kier molecular flexibility index (Phi) is 6.00. The minimum Gasteiger partial charge on any atom is -0.463 e. The largest absolute Gasteiger partial charge is 0.463 e. The van der Waals surface area contributed by atoms with Gasteiger partial charge in [-0.3, -0.25) is 14.5 Å². The molecule has 0 spiro atoms. The second-order valence-electron chi connectivity index (χ2n) is 7.85. The van der Waals surface area contributed by atoms with Crippen molar-refractivity contribution in [3.63, 3.8) is 0 Å². The lowest BCUT2D eigenvalue weighted by atomic mass is 10.1. The first-order valence-electron chi connectivity index (χ1n) is 10.7. The molecule has 2 amide bonds. The molecule has 9 heteroatoms. The summed E-state index contributed by atoms with van der Waals surface area (Å²) in [4.78, 5) is 38.5. The highest BCUT2D eigenvalue weighted by Gasteiger charge is 2.36. The van der Waals surface area contributed by atoms with Crippen molar-refractivity contribution in [3.05, 3.63) is 100 Å². The molecule has 0 unspecified atom stereocenters. The Balaban J connectivity index is 1.43. The van der Waals surface area contributed by atoms with Crippen molar-refractivity contribution < 1.29 is 27.9 Å². The zero-order valence-electron chi connectivity index (χ0n) is 18.6.